The third-order valence-corrected chi connectivity index (χ3v) is 3.41. The Morgan fingerprint density at radius 1 is 1.39 bits per heavy atom. The van der Waals surface area contributed by atoms with Crippen molar-refractivity contribution in [2.45, 2.75) is 18.9 Å². The van der Waals surface area contributed by atoms with Crippen molar-refractivity contribution >= 4 is 5.91 Å². The van der Waals surface area contributed by atoms with Crippen LogP contribution in [0.2, 0.25) is 0 Å². The molecule has 0 saturated carbocycles. The zero-order valence-corrected chi connectivity index (χ0v) is 10.8. The fourth-order valence-corrected chi connectivity index (χ4v) is 2.55. The van der Waals surface area contributed by atoms with Crippen LogP contribution in [0.15, 0.2) is 30.3 Å². The van der Waals surface area contributed by atoms with Gasteiger partial charge in [0.25, 0.3) is 0 Å². The van der Waals surface area contributed by atoms with E-state index >= 15 is 0 Å². The molecule has 0 bridgehead atoms. The molecule has 4 nitrogen and oxygen atoms in total. The van der Waals surface area contributed by atoms with Gasteiger partial charge >= 0.3 is 0 Å². The van der Waals surface area contributed by atoms with E-state index in [-0.39, 0.29) is 11.9 Å². The monoisotopic (exact) mass is 247 g/mol. The molecule has 0 spiro atoms. The molecule has 1 aromatic carbocycles. The molecule has 3 N–H and O–H groups in total. The first-order valence-electron chi connectivity index (χ1n) is 6.50. The van der Waals surface area contributed by atoms with E-state index in [0.29, 0.717) is 19.0 Å². The van der Waals surface area contributed by atoms with Crippen molar-refractivity contribution in [2.24, 2.45) is 5.73 Å². The minimum atomic E-state index is 0.0819. The minimum absolute atomic E-state index is 0.0819. The molecule has 1 aromatic rings. The fourth-order valence-electron chi connectivity index (χ4n) is 2.55. The molecular formula is C14H21N3O. The first-order valence-corrected chi connectivity index (χ1v) is 6.50. The predicted molar refractivity (Wildman–Crippen MR) is 72.3 cm³/mol. The summed E-state index contributed by atoms with van der Waals surface area (Å²) < 4.78 is 0. The highest BCUT2D eigenvalue weighted by Gasteiger charge is 2.31. The Balaban J connectivity index is 1.95. The highest BCUT2D eigenvalue weighted by molar-refractivity contribution is 5.78. The molecule has 0 aromatic heterocycles. The standard InChI is InChI=1S/C14H21N3O/c1-2-16-14(18)10-17-8-12(13(15)9-17)11-6-4-3-5-7-11/h3-7,12-13H,2,8-10,15H2,1H3,(H,16,18)/t12-,13+/m0/s1. The molecule has 1 heterocycles. The molecule has 1 amide bonds. The molecule has 1 fully saturated rings. The summed E-state index contributed by atoms with van der Waals surface area (Å²) in [5, 5.41) is 2.82. The van der Waals surface area contributed by atoms with Crippen LogP contribution < -0.4 is 11.1 Å². The minimum Gasteiger partial charge on any atom is -0.355 e. The summed E-state index contributed by atoms with van der Waals surface area (Å²) in [7, 11) is 0. The third-order valence-electron chi connectivity index (χ3n) is 3.41. The van der Waals surface area contributed by atoms with E-state index in [2.05, 4.69) is 22.3 Å². The van der Waals surface area contributed by atoms with Crippen LogP contribution in [-0.2, 0) is 4.79 Å². The number of likely N-dealkylation sites (N-methyl/N-ethyl adjacent to an activating group) is 1. The predicted octanol–water partition coefficient (Wildman–Crippen LogP) is 0.549. The molecule has 1 saturated heterocycles. The second-order valence-corrected chi connectivity index (χ2v) is 4.83. The Bertz CT molecular complexity index is 393. The molecule has 18 heavy (non-hydrogen) atoms. The van der Waals surface area contributed by atoms with E-state index in [1.165, 1.54) is 5.56 Å². The largest absolute Gasteiger partial charge is 0.355 e. The van der Waals surface area contributed by atoms with Crippen LogP contribution in [0.1, 0.15) is 18.4 Å². The van der Waals surface area contributed by atoms with Crippen LogP contribution >= 0.6 is 0 Å². The van der Waals surface area contributed by atoms with Gasteiger partial charge in [-0.2, -0.15) is 0 Å². The molecule has 1 aliphatic rings. The number of rotatable bonds is 4. The van der Waals surface area contributed by atoms with E-state index in [1.54, 1.807) is 0 Å². The maximum atomic E-state index is 11.6. The topological polar surface area (TPSA) is 58.4 Å². The van der Waals surface area contributed by atoms with E-state index in [4.69, 9.17) is 5.73 Å². The van der Waals surface area contributed by atoms with Gasteiger partial charge in [-0.05, 0) is 12.5 Å². The first-order chi connectivity index (χ1) is 8.70. The lowest BCUT2D eigenvalue weighted by molar-refractivity contribution is -0.121. The Morgan fingerprint density at radius 3 is 2.78 bits per heavy atom. The van der Waals surface area contributed by atoms with Gasteiger partial charge in [0.05, 0.1) is 6.54 Å². The number of nitrogens with zero attached hydrogens (tertiary/aromatic N) is 1. The van der Waals surface area contributed by atoms with Crippen LogP contribution in [-0.4, -0.2) is 43.0 Å². The highest BCUT2D eigenvalue weighted by Crippen LogP contribution is 2.25. The summed E-state index contributed by atoms with van der Waals surface area (Å²) in [6.45, 7) is 4.71. The number of carbonyl (C=O) groups is 1. The molecule has 1 aliphatic heterocycles. The summed E-state index contributed by atoms with van der Waals surface area (Å²) in [6, 6.07) is 10.4. The summed E-state index contributed by atoms with van der Waals surface area (Å²) in [4.78, 5) is 13.7. The van der Waals surface area contributed by atoms with Gasteiger partial charge < -0.3 is 11.1 Å². The van der Waals surface area contributed by atoms with Gasteiger partial charge in [-0.3, -0.25) is 9.69 Å². The third kappa shape index (κ3) is 3.09. The Labute approximate surface area is 108 Å². The van der Waals surface area contributed by atoms with Gasteiger partial charge in [0, 0.05) is 31.6 Å². The van der Waals surface area contributed by atoms with E-state index in [1.807, 2.05) is 25.1 Å². The lowest BCUT2D eigenvalue weighted by Gasteiger charge is -2.15. The molecule has 2 atom stereocenters. The van der Waals surface area contributed by atoms with Crippen molar-refractivity contribution in [1.82, 2.24) is 10.2 Å². The van der Waals surface area contributed by atoms with Crippen LogP contribution in [0.4, 0.5) is 0 Å². The molecule has 0 aliphatic carbocycles. The number of carbonyl (C=O) groups excluding carboxylic acids is 1. The molecule has 98 valence electrons. The molecule has 0 unspecified atom stereocenters. The lowest BCUT2D eigenvalue weighted by atomic mass is 9.95. The summed E-state index contributed by atoms with van der Waals surface area (Å²) in [5.74, 6) is 0.416. The van der Waals surface area contributed by atoms with Gasteiger partial charge in [0.2, 0.25) is 5.91 Å². The molecule has 4 heteroatoms. The second-order valence-electron chi connectivity index (χ2n) is 4.83. The molecule has 0 radical (unpaired) electrons. The van der Waals surface area contributed by atoms with Gasteiger partial charge in [0.15, 0.2) is 0 Å². The SMILES string of the molecule is CCNC(=O)CN1C[C@@H](N)[C@H](c2ccccc2)C1. The van der Waals surface area contributed by atoms with Crippen LogP contribution in [0.5, 0.6) is 0 Å². The lowest BCUT2D eigenvalue weighted by Crippen LogP contribution is -2.37. The Morgan fingerprint density at radius 2 is 2.11 bits per heavy atom. The quantitative estimate of drug-likeness (QED) is 0.817. The second kappa shape index (κ2) is 5.98. The number of likely N-dealkylation sites (tertiary alicyclic amines) is 1. The maximum absolute atomic E-state index is 11.6. The van der Waals surface area contributed by atoms with Crippen molar-refractivity contribution in [2.75, 3.05) is 26.2 Å². The molecule has 2 rings (SSSR count). The number of hydrogen-bond donors (Lipinski definition) is 2. The van der Waals surface area contributed by atoms with Crippen LogP contribution in [0, 0.1) is 0 Å². The summed E-state index contributed by atoms with van der Waals surface area (Å²) >= 11 is 0. The number of nitrogens with two attached hydrogens (primary N) is 1. The smallest absolute Gasteiger partial charge is 0.234 e. The number of hydrogen-bond acceptors (Lipinski definition) is 3. The van der Waals surface area contributed by atoms with Crippen molar-refractivity contribution in [3.8, 4) is 0 Å². The number of nitrogens with one attached hydrogen (secondary N) is 1. The maximum Gasteiger partial charge on any atom is 0.234 e. The summed E-state index contributed by atoms with van der Waals surface area (Å²) in [5.41, 5.74) is 7.44. The van der Waals surface area contributed by atoms with Crippen molar-refractivity contribution in [3.63, 3.8) is 0 Å². The first kappa shape index (κ1) is 13.1. The Kier molecular flexibility index (Phi) is 4.33. The summed E-state index contributed by atoms with van der Waals surface area (Å²) in [6.07, 6.45) is 0. The van der Waals surface area contributed by atoms with E-state index < -0.39 is 0 Å². The average molecular weight is 247 g/mol. The van der Waals surface area contributed by atoms with Crippen LogP contribution in [0.25, 0.3) is 0 Å². The highest BCUT2D eigenvalue weighted by atomic mass is 16.2. The number of benzene rings is 1. The number of amides is 1. The van der Waals surface area contributed by atoms with Crippen molar-refractivity contribution in [1.29, 1.82) is 0 Å². The zero-order chi connectivity index (χ0) is 13.0. The van der Waals surface area contributed by atoms with Gasteiger partial charge in [0.1, 0.15) is 0 Å². The van der Waals surface area contributed by atoms with Gasteiger partial charge in [-0.15, -0.1) is 0 Å². The van der Waals surface area contributed by atoms with Crippen LogP contribution in [0.3, 0.4) is 0 Å². The fraction of sp³-hybridized carbons (Fsp3) is 0.500. The van der Waals surface area contributed by atoms with Crippen molar-refractivity contribution < 1.29 is 4.79 Å². The normalized spacial score (nSPS) is 24.1. The molecular weight excluding hydrogens is 226 g/mol. The van der Waals surface area contributed by atoms with Crippen molar-refractivity contribution in [3.05, 3.63) is 35.9 Å². The van der Waals surface area contributed by atoms with Gasteiger partial charge in [-0.25, -0.2) is 0 Å². The van der Waals surface area contributed by atoms with E-state index in [9.17, 15) is 4.79 Å². The zero-order valence-electron chi connectivity index (χ0n) is 10.8. The van der Waals surface area contributed by atoms with E-state index in [0.717, 1.165) is 13.1 Å². The van der Waals surface area contributed by atoms with Gasteiger partial charge in [-0.1, -0.05) is 30.3 Å². The average Bonchev–Trinajstić information content (AvgIpc) is 2.71. The Hall–Kier alpha value is -1.39.